The van der Waals surface area contributed by atoms with Crippen molar-refractivity contribution < 1.29 is 9.50 Å². The summed E-state index contributed by atoms with van der Waals surface area (Å²) in [6.07, 6.45) is 2.45. The lowest BCUT2D eigenvalue weighted by Gasteiger charge is -2.06. The molecule has 1 aromatic rings. The molecule has 0 fully saturated rings. The largest absolute Gasteiger partial charge is 0.388 e. The molecular weight excluding hydrogens is 167 g/mol. The number of hydrogen-bond acceptors (Lipinski definition) is 1. The van der Waals surface area contributed by atoms with Crippen LogP contribution in [0.4, 0.5) is 4.39 Å². The van der Waals surface area contributed by atoms with Crippen LogP contribution < -0.4 is 0 Å². The van der Waals surface area contributed by atoms with Crippen LogP contribution >= 0.6 is 0 Å². The first-order valence-corrected chi connectivity index (χ1v) is 4.76. The predicted molar refractivity (Wildman–Crippen MR) is 47.0 cm³/mol. The van der Waals surface area contributed by atoms with Crippen molar-refractivity contribution in [2.45, 2.75) is 31.3 Å². The first-order chi connectivity index (χ1) is 6.25. The Labute approximate surface area is 76.2 Å². The number of hydrogen-bond donors (Lipinski definition) is 1. The van der Waals surface area contributed by atoms with E-state index in [9.17, 15) is 9.50 Å². The van der Waals surface area contributed by atoms with Crippen LogP contribution in [0.1, 0.15) is 41.6 Å². The molecule has 2 atom stereocenters. The Hall–Kier alpha value is -0.890. The summed E-state index contributed by atoms with van der Waals surface area (Å²) < 4.78 is 13.1. The lowest BCUT2D eigenvalue weighted by Crippen LogP contribution is -1.94. The summed E-state index contributed by atoms with van der Waals surface area (Å²) in [4.78, 5) is 0. The van der Waals surface area contributed by atoms with Gasteiger partial charge in [0.1, 0.15) is 5.82 Å². The number of aryl methyl sites for hydroxylation is 1. The second-order valence-electron chi connectivity index (χ2n) is 4.05. The van der Waals surface area contributed by atoms with Gasteiger partial charge in [-0.2, -0.15) is 0 Å². The SMILES string of the molecule is OC1CC2CCc3cc(F)cc1c32. The summed E-state index contributed by atoms with van der Waals surface area (Å²) in [5.74, 6) is 0.302. The molecule has 0 radical (unpaired) electrons. The summed E-state index contributed by atoms with van der Waals surface area (Å²) in [5, 5.41) is 9.67. The molecule has 0 amide bonds. The minimum absolute atomic E-state index is 0.199. The Morgan fingerprint density at radius 3 is 3.08 bits per heavy atom. The Bertz CT molecular complexity index is 373. The maximum Gasteiger partial charge on any atom is 0.123 e. The van der Waals surface area contributed by atoms with Crippen LogP contribution in [0, 0.1) is 5.82 Å². The molecule has 2 unspecified atom stereocenters. The maximum atomic E-state index is 13.1. The topological polar surface area (TPSA) is 20.2 Å². The van der Waals surface area contributed by atoms with Crippen LogP contribution in [-0.2, 0) is 6.42 Å². The van der Waals surface area contributed by atoms with E-state index in [0.29, 0.717) is 5.92 Å². The third-order valence-electron chi connectivity index (χ3n) is 3.30. The molecule has 0 saturated carbocycles. The summed E-state index contributed by atoms with van der Waals surface area (Å²) >= 11 is 0. The summed E-state index contributed by atoms with van der Waals surface area (Å²) in [6, 6.07) is 3.12. The minimum Gasteiger partial charge on any atom is -0.388 e. The van der Waals surface area contributed by atoms with Gasteiger partial charge in [-0.05, 0) is 54.0 Å². The van der Waals surface area contributed by atoms with Crippen molar-refractivity contribution in [1.29, 1.82) is 0 Å². The monoisotopic (exact) mass is 178 g/mol. The molecule has 2 heteroatoms. The molecular formula is C11H11FO. The van der Waals surface area contributed by atoms with E-state index in [4.69, 9.17) is 0 Å². The van der Waals surface area contributed by atoms with E-state index < -0.39 is 6.10 Å². The third-order valence-corrected chi connectivity index (χ3v) is 3.30. The van der Waals surface area contributed by atoms with Gasteiger partial charge in [0.25, 0.3) is 0 Å². The van der Waals surface area contributed by atoms with Gasteiger partial charge in [0.2, 0.25) is 0 Å². The van der Waals surface area contributed by atoms with Gasteiger partial charge in [-0.3, -0.25) is 0 Å². The average molecular weight is 178 g/mol. The fraction of sp³-hybridized carbons (Fsp3) is 0.455. The van der Waals surface area contributed by atoms with Gasteiger partial charge in [0.05, 0.1) is 6.10 Å². The van der Waals surface area contributed by atoms with Gasteiger partial charge in [0.15, 0.2) is 0 Å². The van der Waals surface area contributed by atoms with Gasteiger partial charge in [-0.25, -0.2) is 4.39 Å². The van der Waals surface area contributed by atoms with Crippen LogP contribution in [0.15, 0.2) is 12.1 Å². The number of halogens is 1. The van der Waals surface area contributed by atoms with Crippen molar-refractivity contribution in [1.82, 2.24) is 0 Å². The zero-order valence-corrected chi connectivity index (χ0v) is 7.26. The summed E-state index contributed by atoms with van der Waals surface area (Å²) in [6.45, 7) is 0. The molecule has 2 aliphatic rings. The highest BCUT2D eigenvalue weighted by Crippen LogP contribution is 2.48. The van der Waals surface area contributed by atoms with Gasteiger partial charge in [-0.15, -0.1) is 0 Å². The number of aliphatic hydroxyl groups is 1. The molecule has 0 saturated heterocycles. The van der Waals surface area contributed by atoms with Crippen molar-refractivity contribution >= 4 is 0 Å². The van der Waals surface area contributed by atoms with E-state index in [1.807, 2.05) is 0 Å². The zero-order valence-electron chi connectivity index (χ0n) is 7.26. The van der Waals surface area contributed by atoms with Gasteiger partial charge >= 0.3 is 0 Å². The number of rotatable bonds is 0. The third kappa shape index (κ3) is 0.894. The minimum atomic E-state index is -0.422. The molecule has 0 heterocycles. The van der Waals surface area contributed by atoms with Gasteiger partial charge < -0.3 is 5.11 Å². The van der Waals surface area contributed by atoms with Crippen LogP contribution in [0.25, 0.3) is 0 Å². The average Bonchev–Trinajstić information content (AvgIpc) is 2.59. The Morgan fingerprint density at radius 1 is 1.38 bits per heavy atom. The molecule has 0 aliphatic heterocycles. The van der Waals surface area contributed by atoms with Crippen LogP contribution in [0.2, 0.25) is 0 Å². The number of aliphatic hydroxyl groups excluding tert-OH is 1. The lowest BCUT2D eigenvalue weighted by molar-refractivity contribution is 0.171. The second-order valence-corrected chi connectivity index (χ2v) is 4.05. The van der Waals surface area contributed by atoms with E-state index in [1.165, 1.54) is 11.6 Å². The van der Waals surface area contributed by atoms with Crippen molar-refractivity contribution in [3.63, 3.8) is 0 Å². The normalized spacial score (nSPS) is 29.4. The number of benzene rings is 1. The molecule has 0 spiro atoms. The quantitative estimate of drug-likeness (QED) is 0.646. The first-order valence-electron chi connectivity index (χ1n) is 4.76. The summed E-state index contributed by atoms with van der Waals surface area (Å²) in [5.41, 5.74) is 3.21. The highest BCUT2D eigenvalue weighted by molar-refractivity contribution is 5.46. The zero-order chi connectivity index (χ0) is 9.00. The van der Waals surface area contributed by atoms with Crippen LogP contribution in [0.5, 0.6) is 0 Å². The molecule has 0 bridgehead atoms. The molecule has 13 heavy (non-hydrogen) atoms. The van der Waals surface area contributed by atoms with E-state index in [1.54, 1.807) is 6.07 Å². The van der Waals surface area contributed by atoms with Crippen molar-refractivity contribution in [2.75, 3.05) is 0 Å². The van der Waals surface area contributed by atoms with Crippen molar-refractivity contribution in [3.8, 4) is 0 Å². The smallest absolute Gasteiger partial charge is 0.123 e. The lowest BCUT2D eigenvalue weighted by atomic mass is 10.0. The van der Waals surface area contributed by atoms with E-state index in [-0.39, 0.29) is 5.82 Å². The Morgan fingerprint density at radius 2 is 2.23 bits per heavy atom. The van der Waals surface area contributed by atoms with Crippen LogP contribution in [0.3, 0.4) is 0 Å². The Kier molecular flexibility index (Phi) is 1.34. The molecule has 0 aromatic heterocycles. The molecule has 2 aliphatic carbocycles. The standard InChI is InChI=1S/C11H11FO/c12-8-3-6-1-2-7-4-10(13)9(5-8)11(6)7/h3,5,7,10,13H,1-2,4H2. The van der Waals surface area contributed by atoms with Gasteiger partial charge in [-0.1, -0.05) is 0 Å². The molecule has 1 N–H and O–H groups in total. The fourth-order valence-corrected chi connectivity index (χ4v) is 2.78. The second kappa shape index (κ2) is 2.32. The molecule has 3 rings (SSSR count). The summed E-state index contributed by atoms with van der Waals surface area (Å²) in [7, 11) is 0. The predicted octanol–water partition coefficient (Wildman–Crippen LogP) is 2.29. The van der Waals surface area contributed by atoms with Gasteiger partial charge in [0, 0.05) is 0 Å². The highest BCUT2D eigenvalue weighted by Gasteiger charge is 2.35. The van der Waals surface area contributed by atoms with Crippen LogP contribution in [-0.4, -0.2) is 5.11 Å². The molecule has 1 aromatic carbocycles. The maximum absolute atomic E-state index is 13.1. The fourth-order valence-electron chi connectivity index (χ4n) is 2.78. The van der Waals surface area contributed by atoms with E-state index >= 15 is 0 Å². The molecule has 68 valence electrons. The highest BCUT2D eigenvalue weighted by atomic mass is 19.1. The van der Waals surface area contributed by atoms with E-state index in [0.717, 1.165) is 30.4 Å². The first kappa shape index (κ1) is 7.51. The van der Waals surface area contributed by atoms with E-state index in [2.05, 4.69) is 0 Å². The molecule has 1 nitrogen and oxygen atoms in total. The van der Waals surface area contributed by atoms with Crippen molar-refractivity contribution in [3.05, 3.63) is 34.6 Å². The van der Waals surface area contributed by atoms with Crippen molar-refractivity contribution in [2.24, 2.45) is 0 Å². The Balaban J connectivity index is 2.28.